The van der Waals surface area contributed by atoms with Crippen molar-refractivity contribution in [3.8, 4) is 0 Å². The zero-order valence-corrected chi connectivity index (χ0v) is 13.2. The summed E-state index contributed by atoms with van der Waals surface area (Å²) >= 11 is 3.37. The van der Waals surface area contributed by atoms with Crippen LogP contribution in [0.15, 0.2) is 28.7 Å². The molecule has 1 atom stereocenters. The van der Waals surface area contributed by atoms with E-state index < -0.39 is 17.1 Å². The van der Waals surface area contributed by atoms with Crippen LogP contribution >= 0.6 is 15.9 Å². The van der Waals surface area contributed by atoms with Crippen LogP contribution in [0.4, 0.5) is 5.69 Å². The van der Waals surface area contributed by atoms with Gasteiger partial charge in [0.25, 0.3) is 0 Å². The summed E-state index contributed by atoms with van der Waals surface area (Å²) in [6, 6.07) is 7.44. The topological polar surface area (TPSA) is 58.6 Å². The molecule has 2 N–H and O–H groups in total. The predicted octanol–water partition coefficient (Wildman–Crippen LogP) is 3.52. The molecule has 106 valence electrons. The molecule has 1 aromatic rings. The van der Waals surface area contributed by atoms with Gasteiger partial charge in [-0.2, -0.15) is 0 Å². The van der Waals surface area contributed by atoms with Crippen LogP contribution in [0.5, 0.6) is 0 Å². The van der Waals surface area contributed by atoms with Gasteiger partial charge in [0.15, 0.2) is 0 Å². The third-order valence-electron chi connectivity index (χ3n) is 3.05. The van der Waals surface area contributed by atoms with Crippen molar-refractivity contribution in [2.24, 2.45) is 0 Å². The number of nitrogens with one attached hydrogen (secondary N) is 1. The van der Waals surface area contributed by atoms with Gasteiger partial charge in [-0.3, -0.25) is 0 Å². The zero-order chi connectivity index (χ0) is 14.7. The highest BCUT2D eigenvalue weighted by Crippen LogP contribution is 2.28. The molecule has 5 heteroatoms. The highest BCUT2D eigenvalue weighted by atomic mass is 79.9. The summed E-state index contributed by atoms with van der Waals surface area (Å²) in [7, 11) is 1.58. The van der Waals surface area contributed by atoms with Gasteiger partial charge in [-0.05, 0) is 39.0 Å². The van der Waals surface area contributed by atoms with Crippen molar-refractivity contribution in [1.82, 2.24) is 0 Å². The first-order chi connectivity index (χ1) is 8.68. The van der Waals surface area contributed by atoms with Gasteiger partial charge < -0.3 is 15.2 Å². The number of carboxylic acids is 1. The van der Waals surface area contributed by atoms with Crippen LogP contribution in [0.2, 0.25) is 0 Å². The van der Waals surface area contributed by atoms with Crippen LogP contribution in [-0.4, -0.2) is 29.3 Å². The molecule has 0 heterocycles. The minimum Gasteiger partial charge on any atom is -0.480 e. The lowest BCUT2D eigenvalue weighted by Crippen LogP contribution is -2.49. The largest absolute Gasteiger partial charge is 0.480 e. The first-order valence-corrected chi connectivity index (χ1v) is 6.80. The molecule has 0 bridgehead atoms. The molecule has 4 nitrogen and oxygen atoms in total. The van der Waals surface area contributed by atoms with E-state index in [4.69, 9.17) is 4.74 Å². The fraction of sp³-hybridized carbons (Fsp3) is 0.500. The molecule has 0 aliphatic rings. The molecule has 1 unspecified atom stereocenters. The Bertz CT molecular complexity index is 462. The summed E-state index contributed by atoms with van der Waals surface area (Å²) in [6.07, 6.45) is 0.346. The van der Waals surface area contributed by atoms with Crippen LogP contribution in [-0.2, 0) is 9.53 Å². The number of carboxylic acid groups (broad SMARTS) is 1. The average Bonchev–Trinajstić information content (AvgIpc) is 2.28. The van der Waals surface area contributed by atoms with Gasteiger partial charge in [0.1, 0.15) is 5.54 Å². The van der Waals surface area contributed by atoms with Crippen molar-refractivity contribution < 1.29 is 14.6 Å². The smallest absolute Gasteiger partial charge is 0.329 e. The van der Waals surface area contributed by atoms with Gasteiger partial charge in [-0.25, -0.2) is 4.79 Å². The molecule has 1 aromatic carbocycles. The van der Waals surface area contributed by atoms with Crippen LogP contribution in [0.25, 0.3) is 0 Å². The minimum atomic E-state index is -1.10. The van der Waals surface area contributed by atoms with Gasteiger partial charge in [-0.1, -0.05) is 22.0 Å². The molecule has 0 saturated heterocycles. The number of methoxy groups -OCH3 is 1. The van der Waals surface area contributed by atoms with Crippen LogP contribution in [0.3, 0.4) is 0 Å². The number of halogens is 1. The minimum absolute atomic E-state index is 0.346. The lowest BCUT2D eigenvalue weighted by atomic mass is 9.87. The van der Waals surface area contributed by atoms with Gasteiger partial charge in [-0.15, -0.1) is 0 Å². The summed E-state index contributed by atoms with van der Waals surface area (Å²) < 4.78 is 6.23. The number of ether oxygens (including phenoxy) is 1. The molecule has 0 radical (unpaired) electrons. The molecule has 0 amide bonds. The zero-order valence-electron chi connectivity index (χ0n) is 11.7. The number of benzene rings is 1. The Kier molecular flexibility index (Phi) is 4.98. The molecule has 0 fully saturated rings. The third-order valence-corrected chi connectivity index (χ3v) is 3.54. The van der Waals surface area contributed by atoms with Gasteiger partial charge in [0.2, 0.25) is 0 Å². The normalized spacial score (nSPS) is 14.8. The highest BCUT2D eigenvalue weighted by Gasteiger charge is 2.39. The van der Waals surface area contributed by atoms with Gasteiger partial charge in [0.05, 0.1) is 5.60 Å². The standard InChI is InChI=1S/C14H20BrNO3/c1-13(2,19-4)9-14(3,12(17)18)16-11-7-5-6-10(15)8-11/h5-8,16H,9H2,1-4H3,(H,17,18). The Labute approximate surface area is 122 Å². The highest BCUT2D eigenvalue weighted by molar-refractivity contribution is 9.10. The van der Waals surface area contributed by atoms with Crippen LogP contribution < -0.4 is 5.32 Å². The second-order valence-corrected chi connectivity index (χ2v) is 6.33. The molecule has 1 rings (SSSR count). The van der Waals surface area contributed by atoms with E-state index in [9.17, 15) is 9.90 Å². The van der Waals surface area contributed by atoms with E-state index in [1.807, 2.05) is 38.1 Å². The number of carbonyl (C=O) groups is 1. The predicted molar refractivity (Wildman–Crippen MR) is 79.5 cm³/mol. The van der Waals surface area contributed by atoms with Crippen LogP contribution in [0, 0.1) is 0 Å². The van der Waals surface area contributed by atoms with Crippen molar-refractivity contribution in [2.75, 3.05) is 12.4 Å². The molecule has 19 heavy (non-hydrogen) atoms. The first-order valence-electron chi connectivity index (χ1n) is 6.01. The van der Waals surface area contributed by atoms with Crippen molar-refractivity contribution in [1.29, 1.82) is 0 Å². The van der Waals surface area contributed by atoms with Crippen molar-refractivity contribution >= 4 is 27.6 Å². The molecular formula is C14H20BrNO3. The molecule has 0 aliphatic heterocycles. The van der Waals surface area contributed by atoms with Crippen molar-refractivity contribution in [3.63, 3.8) is 0 Å². The Morgan fingerprint density at radius 1 is 1.42 bits per heavy atom. The fourth-order valence-electron chi connectivity index (χ4n) is 1.98. The Morgan fingerprint density at radius 2 is 2.05 bits per heavy atom. The number of aliphatic carboxylic acids is 1. The Balaban J connectivity index is 2.97. The Hall–Kier alpha value is -1.07. The quantitative estimate of drug-likeness (QED) is 0.838. The number of hydrogen-bond donors (Lipinski definition) is 2. The lowest BCUT2D eigenvalue weighted by molar-refractivity contribution is -0.144. The van der Waals surface area contributed by atoms with Crippen molar-refractivity contribution in [2.45, 2.75) is 38.3 Å². The Morgan fingerprint density at radius 3 is 2.53 bits per heavy atom. The first kappa shape index (κ1) is 16.0. The summed E-state index contributed by atoms with van der Waals surface area (Å²) in [6.45, 7) is 5.41. The summed E-state index contributed by atoms with van der Waals surface area (Å²) in [5, 5.41) is 12.6. The van der Waals surface area contributed by atoms with E-state index in [-0.39, 0.29) is 0 Å². The molecule has 0 aliphatic carbocycles. The number of hydrogen-bond acceptors (Lipinski definition) is 3. The van der Waals surface area contributed by atoms with E-state index in [0.29, 0.717) is 6.42 Å². The summed E-state index contributed by atoms with van der Waals surface area (Å²) in [5.41, 5.74) is -0.863. The second kappa shape index (κ2) is 5.92. The van der Waals surface area contributed by atoms with Crippen molar-refractivity contribution in [3.05, 3.63) is 28.7 Å². The molecular weight excluding hydrogens is 310 g/mol. The molecule has 0 aromatic heterocycles. The maximum Gasteiger partial charge on any atom is 0.329 e. The maximum absolute atomic E-state index is 11.6. The number of rotatable bonds is 6. The van der Waals surface area contributed by atoms with E-state index in [0.717, 1.165) is 10.2 Å². The second-order valence-electron chi connectivity index (χ2n) is 5.41. The molecule has 0 saturated carbocycles. The summed E-state index contributed by atoms with van der Waals surface area (Å²) in [5.74, 6) is -0.905. The van der Waals surface area contributed by atoms with Crippen LogP contribution in [0.1, 0.15) is 27.2 Å². The number of anilines is 1. The molecule has 0 spiro atoms. The maximum atomic E-state index is 11.6. The van der Waals surface area contributed by atoms with E-state index in [1.165, 1.54) is 0 Å². The monoisotopic (exact) mass is 329 g/mol. The van der Waals surface area contributed by atoms with Gasteiger partial charge >= 0.3 is 5.97 Å². The fourth-order valence-corrected chi connectivity index (χ4v) is 2.38. The lowest BCUT2D eigenvalue weighted by Gasteiger charge is -2.35. The van der Waals surface area contributed by atoms with Gasteiger partial charge in [0, 0.05) is 23.7 Å². The summed E-state index contributed by atoms with van der Waals surface area (Å²) in [4.78, 5) is 11.6. The van der Waals surface area contributed by atoms with E-state index in [1.54, 1.807) is 14.0 Å². The van der Waals surface area contributed by atoms with E-state index >= 15 is 0 Å². The SMILES string of the molecule is COC(C)(C)CC(C)(Nc1cccc(Br)c1)C(=O)O. The van der Waals surface area contributed by atoms with E-state index in [2.05, 4.69) is 21.2 Å². The average molecular weight is 330 g/mol. The third kappa shape index (κ3) is 4.51.